The van der Waals surface area contributed by atoms with Crippen molar-refractivity contribution in [2.75, 3.05) is 31.1 Å². The molecule has 1 aliphatic rings. The van der Waals surface area contributed by atoms with Crippen LogP contribution in [0, 0.1) is 11.3 Å². The van der Waals surface area contributed by atoms with Crippen LogP contribution in [-0.4, -0.2) is 42.2 Å². The van der Waals surface area contributed by atoms with Crippen LogP contribution in [0.25, 0.3) is 10.9 Å². The molecule has 0 atom stereocenters. The van der Waals surface area contributed by atoms with Crippen LogP contribution in [0.2, 0.25) is 0 Å². The lowest BCUT2D eigenvalue weighted by atomic mass is 10.1. The van der Waals surface area contributed by atoms with Crippen molar-refractivity contribution in [1.29, 1.82) is 5.26 Å². The highest BCUT2D eigenvalue weighted by Gasteiger charge is 2.25. The maximum atomic E-state index is 12.3. The third-order valence-electron chi connectivity index (χ3n) is 4.61. The highest BCUT2D eigenvalue weighted by Crippen LogP contribution is 2.24. The van der Waals surface area contributed by atoms with Gasteiger partial charge < -0.3 is 14.5 Å². The van der Waals surface area contributed by atoms with Gasteiger partial charge in [-0.05, 0) is 24.3 Å². The first-order valence-corrected chi connectivity index (χ1v) is 8.81. The molecule has 1 aliphatic heterocycles. The number of ether oxygens (including phenoxy) is 1. The van der Waals surface area contributed by atoms with Gasteiger partial charge in [-0.15, -0.1) is 0 Å². The number of nitrogens with zero attached hydrogens (tertiary/aromatic N) is 4. The number of carbonyl (C=O) groups is 1. The lowest BCUT2D eigenvalue weighted by Gasteiger charge is -2.35. The van der Waals surface area contributed by atoms with Crippen molar-refractivity contribution in [3.8, 4) is 11.8 Å². The van der Waals surface area contributed by atoms with Gasteiger partial charge in [0.2, 0.25) is 0 Å². The van der Waals surface area contributed by atoms with Gasteiger partial charge >= 0.3 is 6.09 Å². The SMILES string of the molecule is N#Cc1cc2ccccc2nc1N1CCN(C(=O)Oc2ccccc2)CC1. The number of hydrogen-bond donors (Lipinski definition) is 0. The molecule has 2 heterocycles. The van der Waals surface area contributed by atoms with Crippen molar-refractivity contribution in [3.63, 3.8) is 0 Å². The first kappa shape index (κ1) is 16.9. The highest BCUT2D eigenvalue weighted by molar-refractivity contribution is 5.83. The molecule has 0 aliphatic carbocycles. The largest absolute Gasteiger partial charge is 0.415 e. The van der Waals surface area contributed by atoms with Crippen molar-refractivity contribution in [1.82, 2.24) is 9.88 Å². The number of carbonyl (C=O) groups excluding carboxylic acids is 1. The summed E-state index contributed by atoms with van der Waals surface area (Å²) < 4.78 is 5.40. The molecule has 0 radical (unpaired) electrons. The molecule has 1 aromatic heterocycles. The zero-order chi connectivity index (χ0) is 18.6. The standard InChI is InChI=1S/C21H18N4O2/c22-15-17-14-16-6-4-5-9-19(16)23-20(17)24-10-12-25(13-11-24)21(26)27-18-7-2-1-3-8-18/h1-9,14H,10-13H2. The molecule has 1 saturated heterocycles. The summed E-state index contributed by atoms with van der Waals surface area (Å²) in [5.74, 6) is 1.21. The Balaban J connectivity index is 1.47. The van der Waals surface area contributed by atoms with Crippen LogP contribution in [0.1, 0.15) is 5.56 Å². The Morgan fingerprint density at radius 3 is 2.44 bits per heavy atom. The molecule has 0 saturated carbocycles. The summed E-state index contributed by atoms with van der Waals surface area (Å²) in [6.45, 7) is 2.24. The third kappa shape index (κ3) is 3.53. The number of fused-ring (bicyclic) bond motifs is 1. The summed E-state index contributed by atoms with van der Waals surface area (Å²) in [6, 6.07) is 20.9. The molecule has 134 valence electrons. The molecule has 0 bridgehead atoms. The number of rotatable bonds is 2. The molecule has 4 rings (SSSR count). The zero-order valence-electron chi connectivity index (χ0n) is 14.7. The molecule has 27 heavy (non-hydrogen) atoms. The molecule has 3 aromatic rings. The molecule has 0 N–H and O–H groups in total. The Hall–Kier alpha value is -3.59. The van der Waals surface area contributed by atoms with Gasteiger partial charge in [-0.2, -0.15) is 5.26 Å². The van der Waals surface area contributed by atoms with Gasteiger partial charge in [-0.1, -0.05) is 36.4 Å². The number of amides is 1. The smallest absolute Gasteiger partial charge is 0.410 e. The summed E-state index contributed by atoms with van der Waals surface area (Å²) in [6.07, 6.45) is -0.354. The molecule has 6 heteroatoms. The van der Waals surface area contributed by atoms with Crippen molar-refractivity contribution < 1.29 is 9.53 Å². The van der Waals surface area contributed by atoms with Crippen LogP contribution in [0.5, 0.6) is 5.75 Å². The number of para-hydroxylation sites is 2. The van der Waals surface area contributed by atoms with E-state index >= 15 is 0 Å². The minimum absolute atomic E-state index is 0.354. The second-order valence-corrected chi connectivity index (χ2v) is 6.32. The number of hydrogen-bond acceptors (Lipinski definition) is 5. The van der Waals surface area contributed by atoms with E-state index in [-0.39, 0.29) is 6.09 Å². The summed E-state index contributed by atoms with van der Waals surface area (Å²) >= 11 is 0. The Bertz CT molecular complexity index is 1010. The first-order chi connectivity index (χ1) is 13.2. The maximum absolute atomic E-state index is 12.3. The van der Waals surface area contributed by atoms with E-state index in [1.807, 2.05) is 48.5 Å². The van der Waals surface area contributed by atoms with E-state index in [0.717, 1.165) is 10.9 Å². The van der Waals surface area contributed by atoms with Crippen molar-refractivity contribution in [2.45, 2.75) is 0 Å². The van der Waals surface area contributed by atoms with E-state index in [1.54, 1.807) is 17.0 Å². The van der Waals surface area contributed by atoms with E-state index < -0.39 is 0 Å². The van der Waals surface area contributed by atoms with Crippen molar-refractivity contribution in [3.05, 3.63) is 66.2 Å². The van der Waals surface area contributed by atoms with Crippen LogP contribution < -0.4 is 9.64 Å². The molecule has 0 unspecified atom stereocenters. The summed E-state index contributed by atoms with van der Waals surface area (Å²) in [5, 5.41) is 10.5. The Morgan fingerprint density at radius 2 is 1.70 bits per heavy atom. The molecule has 0 spiro atoms. The van der Waals surface area contributed by atoms with Crippen LogP contribution in [0.15, 0.2) is 60.7 Å². The molecule has 6 nitrogen and oxygen atoms in total. The molecule has 1 fully saturated rings. The monoisotopic (exact) mass is 358 g/mol. The minimum Gasteiger partial charge on any atom is -0.410 e. The number of anilines is 1. The summed E-state index contributed by atoms with van der Waals surface area (Å²) in [5.41, 5.74) is 1.41. The fourth-order valence-electron chi connectivity index (χ4n) is 3.18. The van der Waals surface area contributed by atoms with Gasteiger partial charge in [0.15, 0.2) is 0 Å². The van der Waals surface area contributed by atoms with Crippen molar-refractivity contribution >= 4 is 22.8 Å². The first-order valence-electron chi connectivity index (χ1n) is 8.81. The predicted molar refractivity (Wildman–Crippen MR) is 103 cm³/mol. The average molecular weight is 358 g/mol. The van der Waals surface area contributed by atoms with Crippen LogP contribution in [-0.2, 0) is 0 Å². The molecule has 2 aromatic carbocycles. The summed E-state index contributed by atoms with van der Waals surface area (Å²) in [4.78, 5) is 20.7. The lowest BCUT2D eigenvalue weighted by molar-refractivity contribution is 0.149. The van der Waals surface area contributed by atoms with Gasteiger partial charge in [0.05, 0.1) is 11.1 Å². The number of piperazine rings is 1. The van der Waals surface area contributed by atoms with E-state index in [4.69, 9.17) is 4.74 Å². The molecule has 1 amide bonds. The van der Waals surface area contributed by atoms with E-state index in [2.05, 4.69) is 16.0 Å². The normalized spacial score (nSPS) is 14.0. The molecular weight excluding hydrogens is 340 g/mol. The molecular formula is C21H18N4O2. The van der Waals surface area contributed by atoms with Crippen molar-refractivity contribution in [2.24, 2.45) is 0 Å². The Morgan fingerprint density at radius 1 is 1.00 bits per heavy atom. The lowest BCUT2D eigenvalue weighted by Crippen LogP contribution is -2.50. The second kappa shape index (κ2) is 7.34. The summed E-state index contributed by atoms with van der Waals surface area (Å²) in [7, 11) is 0. The van der Waals surface area contributed by atoms with Gasteiger partial charge in [-0.25, -0.2) is 9.78 Å². The topological polar surface area (TPSA) is 69.5 Å². The highest BCUT2D eigenvalue weighted by atomic mass is 16.6. The van der Waals surface area contributed by atoms with Gasteiger partial charge in [0.1, 0.15) is 17.6 Å². The predicted octanol–water partition coefficient (Wildman–Crippen LogP) is 3.43. The number of benzene rings is 2. The van der Waals surface area contributed by atoms with E-state index in [9.17, 15) is 10.1 Å². The quantitative estimate of drug-likeness (QED) is 0.702. The zero-order valence-corrected chi connectivity index (χ0v) is 14.7. The Kier molecular flexibility index (Phi) is 4.58. The fraction of sp³-hybridized carbons (Fsp3) is 0.190. The van der Waals surface area contributed by atoms with E-state index in [1.165, 1.54) is 0 Å². The average Bonchev–Trinajstić information content (AvgIpc) is 2.73. The number of nitriles is 1. The van der Waals surface area contributed by atoms with E-state index in [0.29, 0.717) is 43.3 Å². The Labute approximate surface area is 157 Å². The van der Waals surface area contributed by atoms with Gasteiger partial charge in [-0.3, -0.25) is 0 Å². The minimum atomic E-state index is -0.354. The number of aromatic nitrogens is 1. The second-order valence-electron chi connectivity index (χ2n) is 6.32. The number of pyridine rings is 1. The maximum Gasteiger partial charge on any atom is 0.415 e. The van der Waals surface area contributed by atoms with Gasteiger partial charge in [0, 0.05) is 31.6 Å². The van der Waals surface area contributed by atoms with Crippen LogP contribution in [0.3, 0.4) is 0 Å². The van der Waals surface area contributed by atoms with Crippen LogP contribution >= 0.6 is 0 Å². The van der Waals surface area contributed by atoms with Gasteiger partial charge in [0.25, 0.3) is 0 Å². The fourth-order valence-corrected chi connectivity index (χ4v) is 3.18. The third-order valence-corrected chi connectivity index (χ3v) is 4.61. The van der Waals surface area contributed by atoms with Crippen LogP contribution in [0.4, 0.5) is 10.6 Å².